The van der Waals surface area contributed by atoms with Crippen LogP contribution >= 0.6 is 7.82 Å². The van der Waals surface area contributed by atoms with Crippen molar-refractivity contribution in [3.8, 4) is 0 Å². The summed E-state index contributed by atoms with van der Waals surface area (Å²) >= 11 is 0. The maximum Gasteiger partial charge on any atom is 0.472 e. The van der Waals surface area contributed by atoms with E-state index in [1.54, 1.807) is 0 Å². The zero-order valence-corrected chi connectivity index (χ0v) is 38.4. The fourth-order valence-corrected chi connectivity index (χ4v) is 6.91. The number of carbonyl (C=O) groups is 2. The number of nitrogens with two attached hydrogens (primary N) is 1. The highest BCUT2D eigenvalue weighted by Gasteiger charge is 2.25. The molecule has 0 aliphatic carbocycles. The lowest BCUT2D eigenvalue weighted by Crippen LogP contribution is -2.29. The number of phosphoric acid groups is 1. The second-order valence-corrected chi connectivity index (χ2v) is 16.7. The smallest absolute Gasteiger partial charge is 0.462 e. The fraction of sp³-hybridized carbons (Fsp3) is 0.714. The maximum absolute atomic E-state index is 12.5. The van der Waals surface area contributed by atoms with Gasteiger partial charge in [0, 0.05) is 19.4 Å². The van der Waals surface area contributed by atoms with E-state index >= 15 is 0 Å². The van der Waals surface area contributed by atoms with E-state index in [0.717, 1.165) is 51.4 Å². The summed E-state index contributed by atoms with van der Waals surface area (Å²) in [6, 6.07) is 0. The van der Waals surface area contributed by atoms with Crippen molar-refractivity contribution in [2.75, 3.05) is 26.4 Å². The van der Waals surface area contributed by atoms with E-state index in [0.29, 0.717) is 6.42 Å². The SMILES string of the molecule is CC/C=C\C/C=C\C/C=C\C/C=C\CCC(=O)OC(COC(=O)CCCCCCCCCCCCCCC/C=C\C/C=C\CCCCCCC)COP(=O)(O)OCCN. The molecule has 9 nitrogen and oxygen atoms in total. The fourth-order valence-electron chi connectivity index (χ4n) is 6.15. The van der Waals surface area contributed by atoms with Crippen LogP contribution in [0.2, 0.25) is 0 Å². The summed E-state index contributed by atoms with van der Waals surface area (Å²) in [5.74, 6) is -0.926. The molecule has 10 heteroatoms. The summed E-state index contributed by atoms with van der Waals surface area (Å²) in [6.45, 7) is 3.52. The highest BCUT2D eigenvalue weighted by molar-refractivity contribution is 7.47. The molecule has 0 heterocycles. The van der Waals surface area contributed by atoms with Gasteiger partial charge in [0.15, 0.2) is 6.10 Å². The third-order valence-corrected chi connectivity index (χ3v) is 10.6. The summed E-state index contributed by atoms with van der Waals surface area (Å²) in [6.07, 6.45) is 55.4. The van der Waals surface area contributed by atoms with Gasteiger partial charge >= 0.3 is 19.8 Å². The van der Waals surface area contributed by atoms with Crippen molar-refractivity contribution in [1.29, 1.82) is 0 Å². The molecule has 0 aromatic heterocycles. The molecule has 340 valence electrons. The second-order valence-electron chi connectivity index (χ2n) is 15.2. The molecule has 0 rings (SSSR count). The first-order valence-corrected chi connectivity index (χ1v) is 24.9. The Morgan fingerprint density at radius 2 is 0.966 bits per heavy atom. The molecule has 0 saturated heterocycles. The van der Waals surface area contributed by atoms with Gasteiger partial charge < -0.3 is 20.1 Å². The molecule has 59 heavy (non-hydrogen) atoms. The molecule has 0 radical (unpaired) electrons. The minimum atomic E-state index is -4.40. The lowest BCUT2D eigenvalue weighted by atomic mass is 10.0. The number of phosphoric ester groups is 1. The van der Waals surface area contributed by atoms with Gasteiger partial charge in [-0.15, -0.1) is 0 Å². The molecule has 0 bridgehead atoms. The third kappa shape index (κ3) is 44.8. The molecule has 0 aliphatic heterocycles. The summed E-state index contributed by atoms with van der Waals surface area (Å²) in [5.41, 5.74) is 5.34. The molecule has 0 fully saturated rings. The number of unbranched alkanes of at least 4 members (excludes halogenated alkanes) is 18. The number of hydrogen-bond donors (Lipinski definition) is 2. The van der Waals surface area contributed by atoms with E-state index in [9.17, 15) is 19.0 Å². The standard InChI is InChI=1S/C49H86NO8P/c1-3-5-7-9-11-13-15-17-18-19-20-21-22-23-24-25-26-27-28-30-31-33-35-37-39-41-48(51)55-45-47(46-57-59(53,54)56-44-43-50)58-49(52)42-40-38-36-34-32-29-16-14-12-10-8-6-4-2/h6,8,12,14-15,17,19-20,29,32,36,38,47H,3-5,7,9-11,13,16,18,21-28,30-31,33-35,37,39-46,50H2,1-2H3,(H,53,54)/b8-6-,14-12-,17-15-,20-19-,32-29-,38-36-. The van der Waals surface area contributed by atoms with Gasteiger partial charge in [-0.2, -0.15) is 0 Å². The average molecular weight is 848 g/mol. The molecule has 0 aliphatic rings. The molecular weight excluding hydrogens is 762 g/mol. The van der Waals surface area contributed by atoms with Crippen LogP contribution in [0.1, 0.15) is 194 Å². The van der Waals surface area contributed by atoms with Gasteiger partial charge in [0.2, 0.25) is 0 Å². The van der Waals surface area contributed by atoms with Gasteiger partial charge in [0.1, 0.15) is 6.61 Å². The van der Waals surface area contributed by atoms with Crippen LogP contribution in [0.15, 0.2) is 72.9 Å². The van der Waals surface area contributed by atoms with E-state index in [1.165, 1.54) is 109 Å². The molecule has 2 unspecified atom stereocenters. The van der Waals surface area contributed by atoms with Gasteiger partial charge in [-0.25, -0.2) is 4.57 Å². The average Bonchev–Trinajstić information content (AvgIpc) is 3.22. The summed E-state index contributed by atoms with van der Waals surface area (Å²) in [5, 5.41) is 0. The lowest BCUT2D eigenvalue weighted by Gasteiger charge is -2.19. The van der Waals surface area contributed by atoms with Gasteiger partial charge in [-0.1, -0.05) is 183 Å². The van der Waals surface area contributed by atoms with E-state index in [1.807, 2.05) is 12.2 Å². The second kappa shape index (κ2) is 45.0. The lowest BCUT2D eigenvalue weighted by molar-refractivity contribution is -0.161. The number of allylic oxidation sites excluding steroid dienone is 12. The minimum absolute atomic E-state index is 0.0400. The van der Waals surface area contributed by atoms with Crippen LogP contribution in [0.3, 0.4) is 0 Å². The Balaban J connectivity index is 4.07. The monoisotopic (exact) mass is 848 g/mol. The highest BCUT2D eigenvalue weighted by Crippen LogP contribution is 2.43. The van der Waals surface area contributed by atoms with Crippen LogP contribution in [0.25, 0.3) is 0 Å². The number of hydrogen-bond acceptors (Lipinski definition) is 8. The van der Waals surface area contributed by atoms with Crippen LogP contribution in [0.4, 0.5) is 0 Å². The van der Waals surface area contributed by atoms with Crippen LogP contribution in [0.5, 0.6) is 0 Å². The summed E-state index contributed by atoms with van der Waals surface area (Å²) < 4.78 is 32.7. The summed E-state index contributed by atoms with van der Waals surface area (Å²) in [7, 11) is -4.40. The van der Waals surface area contributed by atoms with Crippen LogP contribution < -0.4 is 5.73 Å². The predicted molar refractivity (Wildman–Crippen MR) is 247 cm³/mol. The van der Waals surface area contributed by atoms with E-state index < -0.39 is 32.5 Å². The minimum Gasteiger partial charge on any atom is -0.462 e. The largest absolute Gasteiger partial charge is 0.472 e. The Labute approximate surface area is 361 Å². The first-order valence-electron chi connectivity index (χ1n) is 23.4. The molecule has 0 saturated carbocycles. The Kier molecular flexibility index (Phi) is 43.0. The zero-order chi connectivity index (χ0) is 43.2. The van der Waals surface area contributed by atoms with Crippen molar-refractivity contribution in [3.05, 3.63) is 72.9 Å². The molecule has 3 N–H and O–H groups in total. The first-order chi connectivity index (χ1) is 28.8. The van der Waals surface area contributed by atoms with Crippen LogP contribution in [0, 0.1) is 0 Å². The summed E-state index contributed by atoms with van der Waals surface area (Å²) in [4.78, 5) is 34.8. The Bertz CT molecular complexity index is 1190. The third-order valence-electron chi connectivity index (χ3n) is 9.59. The normalized spacial score (nSPS) is 13.9. The van der Waals surface area contributed by atoms with Crippen molar-refractivity contribution in [3.63, 3.8) is 0 Å². The van der Waals surface area contributed by atoms with Gasteiger partial charge in [-0.05, 0) is 70.6 Å². The van der Waals surface area contributed by atoms with Gasteiger partial charge in [0.25, 0.3) is 0 Å². The predicted octanol–water partition coefficient (Wildman–Crippen LogP) is 13.8. The number of esters is 2. The maximum atomic E-state index is 12.5. The first kappa shape index (κ1) is 56.5. The van der Waals surface area contributed by atoms with Crippen molar-refractivity contribution >= 4 is 19.8 Å². The van der Waals surface area contributed by atoms with Crippen molar-refractivity contribution in [1.82, 2.24) is 0 Å². The van der Waals surface area contributed by atoms with Crippen LogP contribution in [-0.4, -0.2) is 49.3 Å². The molecule has 2 atom stereocenters. The Morgan fingerprint density at radius 1 is 0.525 bits per heavy atom. The number of rotatable bonds is 43. The quantitative estimate of drug-likeness (QED) is 0.0266. The zero-order valence-electron chi connectivity index (χ0n) is 37.5. The van der Waals surface area contributed by atoms with E-state index in [2.05, 4.69) is 74.6 Å². The number of carbonyl (C=O) groups excluding carboxylic acids is 2. The van der Waals surface area contributed by atoms with E-state index in [-0.39, 0.29) is 32.6 Å². The topological polar surface area (TPSA) is 134 Å². The van der Waals surface area contributed by atoms with Gasteiger partial charge in [0.05, 0.1) is 13.2 Å². The molecule has 0 spiro atoms. The number of ether oxygens (including phenoxy) is 2. The molecular formula is C49H86NO8P. The molecule has 0 amide bonds. The van der Waals surface area contributed by atoms with Crippen molar-refractivity contribution in [2.45, 2.75) is 200 Å². The highest BCUT2D eigenvalue weighted by atomic mass is 31.2. The van der Waals surface area contributed by atoms with Crippen LogP contribution in [-0.2, 0) is 32.7 Å². The van der Waals surface area contributed by atoms with Crippen molar-refractivity contribution < 1.29 is 37.6 Å². The molecule has 0 aromatic rings. The molecule has 0 aromatic carbocycles. The Hall–Kier alpha value is -2.55. The Morgan fingerprint density at radius 3 is 1.46 bits per heavy atom. The van der Waals surface area contributed by atoms with E-state index in [4.69, 9.17) is 24.3 Å². The van der Waals surface area contributed by atoms with Gasteiger partial charge in [-0.3, -0.25) is 18.6 Å². The van der Waals surface area contributed by atoms with Crippen molar-refractivity contribution in [2.24, 2.45) is 5.73 Å².